The first-order chi connectivity index (χ1) is 8.97. The molecule has 4 nitrogen and oxygen atoms in total. The number of hydrogen-bond acceptors (Lipinski definition) is 3. The quantitative estimate of drug-likeness (QED) is 0.875. The standard InChI is InChI=1S/C14H15ClN2O2/c1-8-6-12(10(3)19-8)9(2)17-14(18)11-4-5-13(15)16-7-11/h4-7,9H,1-3H3,(H,17,18). The molecule has 2 heterocycles. The first-order valence-corrected chi connectivity index (χ1v) is 6.34. The summed E-state index contributed by atoms with van der Waals surface area (Å²) in [6.45, 7) is 5.68. The van der Waals surface area contributed by atoms with Gasteiger partial charge in [0.1, 0.15) is 16.7 Å². The molecule has 2 rings (SSSR count). The van der Waals surface area contributed by atoms with E-state index < -0.39 is 0 Å². The van der Waals surface area contributed by atoms with Gasteiger partial charge in [-0.2, -0.15) is 0 Å². The van der Waals surface area contributed by atoms with Gasteiger partial charge in [0.05, 0.1) is 11.6 Å². The Morgan fingerprint density at radius 3 is 2.68 bits per heavy atom. The van der Waals surface area contributed by atoms with Crippen molar-refractivity contribution in [3.63, 3.8) is 0 Å². The lowest BCUT2D eigenvalue weighted by atomic mass is 10.1. The van der Waals surface area contributed by atoms with Gasteiger partial charge in [0, 0.05) is 11.8 Å². The maximum absolute atomic E-state index is 12.0. The zero-order valence-electron chi connectivity index (χ0n) is 11.0. The van der Waals surface area contributed by atoms with Gasteiger partial charge in [-0.3, -0.25) is 4.79 Å². The minimum Gasteiger partial charge on any atom is -0.466 e. The lowest BCUT2D eigenvalue weighted by Crippen LogP contribution is -2.26. The lowest BCUT2D eigenvalue weighted by molar-refractivity contribution is 0.0939. The molecule has 2 aromatic heterocycles. The summed E-state index contributed by atoms with van der Waals surface area (Å²) in [6.07, 6.45) is 1.46. The summed E-state index contributed by atoms with van der Waals surface area (Å²) >= 11 is 5.69. The molecule has 19 heavy (non-hydrogen) atoms. The third-order valence-corrected chi connectivity index (χ3v) is 3.11. The van der Waals surface area contributed by atoms with Gasteiger partial charge in [0.15, 0.2) is 0 Å². The van der Waals surface area contributed by atoms with Crippen LogP contribution in [0.1, 0.15) is 40.4 Å². The van der Waals surface area contributed by atoms with Gasteiger partial charge in [-0.1, -0.05) is 11.6 Å². The summed E-state index contributed by atoms with van der Waals surface area (Å²) in [5.74, 6) is 1.47. The first kappa shape index (κ1) is 13.6. The number of nitrogens with one attached hydrogen (secondary N) is 1. The third kappa shape index (κ3) is 3.15. The Morgan fingerprint density at radius 2 is 2.16 bits per heavy atom. The summed E-state index contributed by atoms with van der Waals surface area (Å²) in [5, 5.41) is 3.27. The molecule has 0 fully saturated rings. The Hall–Kier alpha value is -1.81. The van der Waals surface area contributed by atoms with Crippen LogP contribution in [-0.2, 0) is 0 Å². The molecule has 100 valence electrons. The zero-order valence-corrected chi connectivity index (χ0v) is 11.8. The summed E-state index contributed by atoms with van der Waals surface area (Å²) in [6, 6.07) is 5.04. The highest BCUT2D eigenvalue weighted by Gasteiger charge is 2.16. The molecule has 1 amide bonds. The molecule has 5 heteroatoms. The van der Waals surface area contributed by atoms with Crippen LogP contribution in [0.4, 0.5) is 0 Å². The second-order valence-electron chi connectivity index (χ2n) is 4.43. The highest BCUT2D eigenvalue weighted by Crippen LogP contribution is 2.21. The maximum atomic E-state index is 12.0. The van der Waals surface area contributed by atoms with Crippen LogP contribution in [0.2, 0.25) is 5.15 Å². The molecule has 0 spiro atoms. The van der Waals surface area contributed by atoms with E-state index in [1.54, 1.807) is 12.1 Å². The average Bonchev–Trinajstić information content (AvgIpc) is 2.69. The van der Waals surface area contributed by atoms with Crippen LogP contribution in [-0.4, -0.2) is 10.9 Å². The Labute approximate surface area is 116 Å². The van der Waals surface area contributed by atoms with Crippen molar-refractivity contribution in [2.24, 2.45) is 0 Å². The van der Waals surface area contributed by atoms with Crippen LogP contribution in [0.5, 0.6) is 0 Å². The molecule has 1 N–H and O–H groups in total. The molecule has 1 unspecified atom stereocenters. The van der Waals surface area contributed by atoms with Crippen LogP contribution in [0, 0.1) is 13.8 Å². The average molecular weight is 279 g/mol. The molecule has 1 atom stereocenters. The van der Waals surface area contributed by atoms with Gasteiger partial charge < -0.3 is 9.73 Å². The third-order valence-electron chi connectivity index (χ3n) is 2.88. The van der Waals surface area contributed by atoms with Crippen LogP contribution in [0.15, 0.2) is 28.8 Å². The summed E-state index contributed by atoms with van der Waals surface area (Å²) in [7, 11) is 0. The lowest BCUT2D eigenvalue weighted by Gasteiger charge is -2.13. The Balaban J connectivity index is 2.10. The van der Waals surface area contributed by atoms with E-state index in [1.165, 1.54) is 6.20 Å². The van der Waals surface area contributed by atoms with E-state index in [9.17, 15) is 4.79 Å². The number of pyridine rings is 1. The SMILES string of the molecule is Cc1cc(C(C)NC(=O)c2ccc(Cl)nc2)c(C)o1. The molecule has 0 aliphatic carbocycles. The van der Waals surface area contributed by atoms with Crippen molar-refractivity contribution in [1.29, 1.82) is 0 Å². The predicted octanol–water partition coefficient (Wildman–Crippen LogP) is 3.44. The van der Waals surface area contributed by atoms with Crippen molar-refractivity contribution in [3.05, 3.63) is 52.2 Å². The van der Waals surface area contributed by atoms with Gasteiger partial charge in [-0.25, -0.2) is 4.98 Å². The van der Waals surface area contributed by atoms with Gasteiger partial charge in [-0.15, -0.1) is 0 Å². The van der Waals surface area contributed by atoms with E-state index in [2.05, 4.69) is 10.3 Å². The van der Waals surface area contributed by atoms with Crippen molar-refractivity contribution >= 4 is 17.5 Å². The smallest absolute Gasteiger partial charge is 0.253 e. The second kappa shape index (κ2) is 5.45. The number of rotatable bonds is 3. The van der Waals surface area contributed by atoms with E-state index in [1.807, 2.05) is 26.8 Å². The Kier molecular flexibility index (Phi) is 3.90. The molecule has 0 aliphatic heterocycles. The molecule has 0 radical (unpaired) electrons. The molecule has 0 saturated carbocycles. The van der Waals surface area contributed by atoms with E-state index in [0.29, 0.717) is 10.7 Å². The fourth-order valence-corrected chi connectivity index (χ4v) is 2.06. The summed E-state index contributed by atoms with van der Waals surface area (Å²) in [5.41, 5.74) is 1.46. The summed E-state index contributed by atoms with van der Waals surface area (Å²) in [4.78, 5) is 15.9. The number of nitrogens with zero attached hydrogens (tertiary/aromatic N) is 1. The van der Waals surface area contributed by atoms with Crippen molar-refractivity contribution in [2.75, 3.05) is 0 Å². The number of amides is 1. The summed E-state index contributed by atoms with van der Waals surface area (Å²) < 4.78 is 5.46. The zero-order chi connectivity index (χ0) is 14.0. The number of aromatic nitrogens is 1. The van der Waals surface area contributed by atoms with Crippen LogP contribution < -0.4 is 5.32 Å². The fraction of sp³-hybridized carbons (Fsp3) is 0.286. The number of hydrogen-bond donors (Lipinski definition) is 1. The minimum absolute atomic E-state index is 0.124. The van der Waals surface area contributed by atoms with Crippen molar-refractivity contribution < 1.29 is 9.21 Å². The van der Waals surface area contributed by atoms with E-state index in [-0.39, 0.29) is 11.9 Å². The van der Waals surface area contributed by atoms with Crippen LogP contribution in [0.3, 0.4) is 0 Å². The predicted molar refractivity (Wildman–Crippen MR) is 73.3 cm³/mol. The molecular formula is C14H15ClN2O2. The molecule has 0 aliphatic rings. The monoisotopic (exact) mass is 278 g/mol. The van der Waals surface area contributed by atoms with Gasteiger partial charge in [0.2, 0.25) is 0 Å². The number of carbonyl (C=O) groups excluding carboxylic acids is 1. The Bertz CT molecular complexity index is 590. The topological polar surface area (TPSA) is 55.1 Å². The molecule has 0 saturated heterocycles. The maximum Gasteiger partial charge on any atom is 0.253 e. The van der Waals surface area contributed by atoms with E-state index in [0.717, 1.165) is 17.1 Å². The highest BCUT2D eigenvalue weighted by molar-refractivity contribution is 6.29. The van der Waals surface area contributed by atoms with Crippen molar-refractivity contribution in [1.82, 2.24) is 10.3 Å². The molecule has 0 aromatic carbocycles. The van der Waals surface area contributed by atoms with E-state index >= 15 is 0 Å². The van der Waals surface area contributed by atoms with E-state index in [4.69, 9.17) is 16.0 Å². The van der Waals surface area contributed by atoms with Gasteiger partial charge >= 0.3 is 0 Å². The first-order valence-electron chi connectivity index (χ1n) is 5.96. The number of halogens is 1. The van der Waals surface area contributed by atoms with Gasteiger partial charge in [0.25, 0.3) is 5.91 Å². The van der Waals surface area contributed by atoms with Crippen LogP contribution in [0.25, 0.3) is 0 Å². The fourth-order valence-electron chi connectivity index (χ4n) is 1.95. The molecule has 2 aromatic rings. The molecule has 0 bridgehead atoms. The number of carbonyl (C=O) groups is 1. The Morgan fingerprint density at radius 1 is 1.42 bits per heavy atom. The van der Waals surface area contributed by atoms with Gasteiger partial charge in [-0.05, 0) is 39.0 Å². The normalized spacial score (nSPS) is 12.2. The minimum atomic E-state index is -0.185. The number of aryl methyl sites for hydroxylation is 2. The van der Waals surface area contributed by atoms with Crippen LogP contribution >= 0.6 is 11.6 Å². The highest BCUT2D eigenvalue weighted by atomic mass is 35.5. The second-order valence-corrected chi connectivity index (χ2v) is 4.82. The van der Waals surface area contributed by atoms with Crippen molar-refractivity contribution in [3.8, 4) is 0 Å². The van der Waals surface area contributed by atoms with Crippen molar-refractivity contribution in [2.45, 2.75) is 26.8 Å². The molecular weight excluding hydrogens is 264 g/mol. The largest absolute Gasteiger partial charge is 0.466 e. The number of furan rings is 1.